The van der Waals surface area contributed by atoms with E-state index in [9.17, 15) is 9.59 Å². The standard InChI is InChI=1S/C22H18O7/c1-5-11-27-15-7-9-17(19(13-15)25-3)21(23)29-22(24)18-10-8-16(28-12-6-2)14-20(18)26-4/h1-2,7-10,13-14H,11-12H2,3-4H3. The van der Waals surface area contributed by atoms with Gasteiger partial charge in [0, 0.05) is 12.1 Å². The molecule has 0 heterocycles. The number of rotatable bonds is 8. The predicted molar refractivity (Wildman–Crippen MR) is 104 cm³/mol. The molecule has 0 aliphatic carbocycles. The lowest BCUT2D eigenvalue weighted by molar-refractivity contribution is 0.0394. The topological polar surface area (TPSA) is 80.3 Å². The van der Waals surface area contributed by atoms with Crippen molar-refractivity contribution in [2.75, 3.05) is 27.4 Å². The van der Waals surface area contributed by atoms with Crippen molar-refractivity contribution in [2.24, 2.45) is 0 Å². The van der Waals surface area contributed by atoms with E-state index in [1.165, 1.54) is 50.6 Å². The normalized spacial score (nSPS) is 9.52. The first-order valence-electron chi connectivity index (χ1n) is 8.29. The first kappa shape index (κ1) is 21.2. The molecule has 2 rings (SSSR count). The van der Waals surface area contributed by atoms with Gasteiger partial charge in [-0.3, -0.25) is 0 Å². The molecule has 0 saturated carbocycles. The molecule has 0 aliphatic rings. The minimum atomic E-state index is -0.898. The number of hydrogen-bond acceptors (Lipinski definition) is 7. The largest absolute Gasteiger partial charge is 0.496 e. The lowest BCUT2D eigenvalue weighted by Gasteiger charge is -2.12. The quantitative estimate of drug-likeness (QED) is 0.387. The molecular weight excluding hydrogens is 376 g/mol. The molecule has 0 saturated heterocycles. The Morgan fingerprint density at radius 2 is 1.21 bits per heavy atom. The molecule has 7 nitrogen and oxygen atoms in total. The van der Waals surface area contributed by atoms with Crippen molar-refractivity contribution in [3.63, 3.8) is 0 Å². The van der Waals surface area contributed by atoms with Gasteiger partial charge in [-0.2, -0.15) is 0 Å². The maximum atomic E-state index is 12.5. The molecule has 0 N–H and O–H groups in total. The molecule has 7 heteroatoms. The maximum absolute atomic E-state index is 12.5. The van der Waals surface area contributed by atoms with Crippen molar-refractivity contribution < 1.29 is 33.3 Å². The Balaban J connectivity index is 2.19. The zero-order valence-electron chi connectivity index (χ0n) is 15.9. The van der Waals surface area contributed by atoms with E-state index < -0.39 is 11.9 Å². The van der Waals surface area contributed by atoms with Gasteiger partial charge >= 0.3 is 11.9 Å². The smallest absolute Gasteiger partial charge is 0.349 e. The van der Waals surface area contributed by atoms with Gasteiger partial charge in [-0.15, -0.1) is 12.8 Å². The van der Waals surface area contributed by atoms with Gasteiger partial charge in [0.1, 0.15) is 47.3 Å². The molecular formula is C22H18O7. The van der Waals surface area contributed by atoms with Crippen LogP contribution in [0.5, 0.6) is 23.0 Å². The number of carbonyl (C=O) groups is 2. The van der Waals surface area contributed by atoms with Crippen molar-refractivity contribution in [1.29, 1.82) is 0 Å². The summed E-state index contributed by atoms with van der Waals surface area (Å²) in [6.07, 6.45) is 10.3. The molecule has 0 aromatic heterocycles. The third-order valence-corrected chi connectivity index (χ3v) is 3.62. The fourth-order valence-electron chi connectivity index (χ4n) is 2.30. The first-order valence-corrected chi connectivity index (χ1v) is 8.29. The summed E-state index contributed by atoms with van der Waals surface area (Å²) < 4.78 is 25.9. The molecule has 0 bridgehead atoms. The van der Waals surface area contributed by atoms with Gasteiger partial charge in [0.2, 0.25) is 0 Å². The molecule has 148 valence electrons. The van der Waals surface area contributed by atoms with E-state index >= 15 is 0 Å². The van der Waals surface area contributed by atoms with Gasteiger partial charge in [0.05, 0.1) is 14.2 Å². The lowest BCUT2D eigenvalue weighted by atomic mass is 10.1. The van der Waals surface area contributed by atoms with Gasteiger partial charge in [-0.25, -0.2) is 9.59 Å². The Kier molecular flexibility index (Phi) is 7.52. The molecule has 2 aromatic rings. The molecule has 29 heavy (non-hydrogen) atoms. The van der Waals surface area contributed by atoms with Gasteiger partial charge in [-0.1, -0.05) is 11.8 Å². The molecule has 0 radical (unpaired) electrons. The van der Waals surface area contributed by atoms with Crippen LogP contribution in [0.2, 0.25) is 0 Å². The molecule has 0 unspecified atom stereocenters. The number of hydrogen-bond donors (Lipinski definition) is 0. The van der Waals surface area contributed by atoms with Crippen LogP contribution in [0, 0.1) is 24.7 Å². The second-order valence-electron chi connectivity index (χ2n) is 5.39. The van der Waals surface area contributed by atoms with Gasteiger partial charge in [0.25, 0.3) is 0 Å². The third-order valence-electron chi connectivity index (χ3n) is 3.62. The Morgan fingerprint density at radius 3 is 1.55 bits per heavy atom. The number of methoxy groups -OCH3 is 2. The van der Waals surface area contributed by atoms with Crippen LogP contribution in [-0.2, 0) is 4.74 Å². The zero-order chi connectivity index (χ0) is 21.2. The van der Waals surface area contributed by atoms with E-state index in [-0.39, 0.29) is 35.8 Å². The van der Waals surface area contributed by atoms with E-state index in [1.54, 1.807) is 0 Å². The summed E-state index contributed by atoms with van der Waals surface area (Å²) in [6, 6.07) is 8.79. The number of benzene rings is 2. The highest BCUT2D eigenvalue weighted by Crippen LogP contribution is 2.28. The van der Waals surface area contributed by atoms with E-state index in [2.05, 4.69) is 11.8 Å². The van der Waals surface area contributed by atoms with E-state index in [0.29, 0.717) is 11.5 Å². The van der Waals surface area contributed by atoms with Crippen LogP contribution >= 0.6 is 0 Å². The second-order valence-corrected chi connectivity index (χ2v) is 5.39. The highest BCUT2D eigenvalue weighted by Gasteiger charge is 2.22. The van der Waals surface area contributed by atoms with Crippen LogP contribution in [0.4, 0.5) is 0 Å². The highest BCUT2D eigenvalue weighted by atomic mass is 16.6. The van der Waals surface area contributed by atoms with Crippen LogP contribution < -0.4 is 18.9 Å². The monoisotopic (exact) mass is 394 g/mol. The van der Waals surface area contributed by atoms with E-state index in [1.807, 2.05) is 0 Å². The SMILES string of the molecule is C#CCOc1ccc(C(=O)OC(=O)c2ccc(OCC#C)cc2OC)c(OC)c1. The van der Waals surface area contributed by atoms with Crippen LogP contribution in [0.3, 0.4) is 0 Å². The van der Waals surface area contributed by atoms with Crippen molar-refractivity contribution in [1.82, 2.24) is 0 Å². The molecule has 0 atom stereocenters. The predicted octanol–water partition coefficient (Wildman–Crippen LogP) is 2.73. The molecule has 0 amide bonds. The third kappa shape index (κ3) is 5.44. The first-order chi connectivity index (χ1) is 14.0. The molecule has 0 fully saturated rings. The van der Waals surface area contributed by atoms with Gasteiger partial charge in [0.15, 0.2) is 0 Å². The van der Waals surface area contributed by atoms with Crippen molar-refractivity contribution in [2.45, 2.75) is 0 Å². The molecule has 0 spiro atoms. The van der Waals surface area contributed by atoms with Crippen LogP contribution in [0.15, 0.2) is 36.4 Å². The zero-order valence-corrected chi connectivity index (χ0v) is 15.9. The highest BCUT2D eigenvalue weighted by molar-refractivity contribution is 6.05. The number of ether oxygens (including phenoxy) is 5. The van der Waals surface area contributed by atoms with Crippen molar-refractivity contribution in [3.05, 3.63) is 47.5 Å². The lowest BCUT2D eigenvalue weighted by Crippen LogP contribution is -2.15. The average molecular weight is 394 g/mol. The molecule has 2 aromatic carbocycles. The summed E-state index contributed by atoms with van der Waals surface area (Å²) in [7, 11) is 2.74. The Labute approximate surface area is 168 Å². The van der Waals surface area contributed by atoms with Crippen LogP contribution in [0.25, 0.3) is 0 Å². The maximum Gasteiger partial charge on any atom is 0.349 e. The Morgan fingerprint density at radius 1 is 0.793 bits per heavy atom. The minimum Gasteiger partial charge on any atom is -0.496 e. The van der Waals surface area contributed by atoms with Crippen molar-refractivity contribution >= 4 is 11.9 Å². The summed E-state index contributed by atoms with van der Waals surface area (Å²) in [5.41, 5.74) is 0.0868. The summed E-state index contributed by atoms with van der Waals surface area (Å²) in [6.45, 7) is 0.124. The fourth-order valence-corrected chi connectivity index (χ4v) is 2.30. The molecule has 0 aliphatic heterocycles. The fraction of sp³-hybridized carbons (Fsp3) is 0.182. The number of esters is 2. The summed E-state index contributed by atoms with van der Waals surface area (Å²) >= 11 is 0. The van der Waals surface area contributed by atoms with E-state index in [4.69, 9.17) is 36.5 Å². The Hall–Kier alpha value is -4.10. The van der Waals surface area contributed by atoms with Crippen LogP contribution in [0.1, 0.15) is 20.7 Å². The second kappa shape index (κ2) is 10.3. The number of terminal acetylenes is 2. The minimum absolute atomic E-state index is 0.0434. The van der Waals surface area contributed by atoms with Gasteiger partial charge < -0.3 is 23.7 Å². The van der Waals surface area contributed by atoms with E-state index in [0.717, 1.165) is 0 Å². The number of carbonyl (C=O) groups excluding carboxylic acids is 2. The van der Waals surface area contributed by atoms with Crippen LogP contribution in [-0.4, -0.2) is 39.4 Å². The Bertz CT molecular complexity index is 900. The average Bonchev–Trinajstić information content (AvgIpc) is 2.75. The van der Waals surface area contributed by atoms with Crippen molar-refractivity contribution in [3.8, 4) is 47.7 Å². The summed E-state index contributed by atoms with van der Waals surface area (Å²) in [4.78, 5) is 24.9. The summed E-state index contributed by atoms with van der Waals surface area (Å²) in [5, 5.41) is 0. The summed E-state index contributed by atoms with van der Waals surface area (Å²) in [5.74, 6) is 4.02. The van der Waals surface area contributed by atoms with Gasteiger partial charge in [-0.05, 0) is 24.3 Å².